The Labute approximate surface area is 82.3 Å². The number of hydrogen-bond acceptors (Lipinski definition) is 6. The number of nitro groups is 2. The first-order valence-electron chi connectivity index (χ1n) is 3.53. The van der Waals surface area contributed by atoms with E-state index in [1.165, 1.54) is 6.07 Å². The van der Waals surface area contributed by atoms with E-state index in [1.807, 2.05) is 0 Å². The Morgan fingerprint density at radius 3 is 2.27 bits per heavy atom. The predicted molar refractivity (Wildman–Crippen MR) is 46.1 cm³/mol. The SMILES string of the molecule is N#Cc1cc([N+](=O)[O-])cc([N+](=O)[O-])c1O. The van der Waals surface area contributed by atoms with Crippen LogP contribution in [0.3, 0.4) is 0 Å². The van der Waals surface area contributed by atoms with Crippen molar-refractivity contribution < 1.29 is 15.0 Å². The molecule has 0 aromatic heterocycles. The minimum Gasteiger partial charge on any atom is -0.501 e. The molecule has 0 saturated heterocycles. The second-order valence-corrected chi connectivity index (χ2v) is 2.49. The Morgan fingerprint density at radius 1 is 1.27 bits per heavy atom. The average molecular weight is 209 g/mol. The number of nitrogens with zero attached hydrogens (tertiary/aromatic N) is 3. The Kier molecular flexibility index (Phi) is 2.48. The number of nitro benzene ring substituents is 2. The standard InChI is InChI=1S/C7H3N3O5/c8-3-4-1-5(9(12)13)2-6(7(4)11)10(14)15/h1-2,11H. The van der Waals surface area contributed by atoms with E-state index in [2.05, 4.69) is 0 Å². The third-order valence-corrected chi connectivity index (χ3v) is 1.60. The van der Waals surface area contributed by atoms with Crippen LogP contribution in [0.4, 0.5) is 11.4 Å². The largest absolute Gasteiger partial charge is 0.501 e. The first-order chi connectivity index (χ1) is 6.97. The molecule has 0 aliphatic heterocycles. The summed E-state index contributed by atoms with van der Waals surface area (Å²) in [6, 6.07) is 2.79. The molecule has 0 bridgehead atoms. The lowest BCUT2D eigenvalue weighted by molar-refractivity contribution is -0.394. The maximum atomic E-state index is 10.4. The molecule has 0 fully saturated rings. The normalized spacial score (nSPS) is 9.27. The van der Waals surface area contributed by atoms with Crippen LogP contribution in [0.2, 0.25) is 0 Å². The van der Waals surface area contributed by atoms with Gasteiger partial charge in [-0.25, -0.2) is 0 Å². The summed E-state index contributed by atoms with van der Waals surface area (Å²) in [7, 11) is 0. The summed E-state index contributed by atoms with van der Waals surface area (Å²) in [5.74, 6) is -0.867. The molecule has 0 spiro atoms. The van der Waals surface area contributed by atoms with Crippen molar-refractivity contribution in [1.29, 1.82) is 5.26 Å². The van der Waals surface area contributed by atoms with Crippen molar-refractivity contribution in [3.8, 4) is 11.8 Å². The molecule has 1 aromatic rings. The first kappa shape index (κ1) is 10.4. The van der Waals surface area contributed by atoms with Crippen molar-refractivity contribution in [3.63, 3.8) is 0 Å². The van der Waals surface area contributed by atoms with Crippen LogP contribution in [0.1, 0.15) is 5.56 Å². The van der Waals surface area contributed by atoms with Gasteiger partial charge in [0.15, 0.2) is 0 Å². The zero-order valence-electron chi connectivity index (χ0n) is 7.08. The minimum atomic E-state index is -0.997. The quantitative estimate of drug-likeness (QED) is 0.572. The molecule has 0 saturated carbocycles. The summed E-state index contributed by atoms with van der Waals surface area (Å²) in [5.41, 5.74) is -1.98. The number of nitriles is 1. The lowest BCUT2D eigenvalue weighted by Crippen LogP contribution is -1.95. The van der Waals surface area contributed by atoms with Crippen LogP contribution in [0.25, 0.3) is 0 Å². The van der Waals surface area contributed by atoms with Gasteiger partial charge in [-0.1, -0.05) is 0 Å². The molecule has 8 heteroatoms. The van der Waals surface area contributed by atoms with E-state index in [1.54, 1.807) is 0 Å². The van der Waals surface area contributed by atoms with Crippen LogP contribution < -0.4 is 0 Å². The van der Waals surface area contributed by atoms with Gasteiger partial charge in [0, 0.05) is 6.07 Å². The zero-order chi connectivity index (χ0) is 11.6. The van der Waals surface area contributed by atoms with Crippen molar-refractivity contribution in [1.82, 2.24) is 0 Å². The number of phenols is 1. The Bertz CT molecular complexity index is 490. The topological polar surface area (TPSA) is 130 Å². The Hall–Kier alpha value is -2.69. The fourth-order valence-electron chi connectivity index (χ4n) is 0.934. The molecule has 8 nitrogen and oxygen atoms in total. The van der Waals surface area contributed by atoms with Gasteiger partial charge in [0.25, 0.3) is 5.69 Å². The molecular formula is C7H3N3O5. The number of benzene rings is 1. The second kappa shape index (κ2) is 3.59. The van der Waals surface area contributed by atoms with E-state index in [0.717, 1.165) is 6.07 Å². The molecule has 1 N–H and O–H groups in total. The summed E-state index contributed by atoms with van der Waals surface area (Å²) in [6.07, 6.45) is 0. The van der Waals surface area contributed by atoms with Gasteiger partial charge in [-0.2, -0.15) is 5.26 Å². The molecule has 0 aliphatic carbocycles. The van der Waals surface area contributed by atoms with Gasteiger partial charge in [0.2, 0.25) is 5.75 Å². The van der Waals surface area contributed by atoms with Gasteiger partial charge in [-0.3, -0.25) is 20.2 Å². The highest BCUT2D eigenvalue weighted by atomic mass is 16.6. The van der Waals surface area contributed by atoms with Crippen molar-refractivity contribution in [3.05, 3.63) is 37.9 Å². The van der Waals surface area contributed by atoms with Gasteiger partial charge in [-0.15, -0.1) is 0 Å². The molecule has 76 valence electrons. The number of hydrogen-bond donors (Lipinski definition) is 1. The van der Waals surface area contributed by atoms with Gasteiger partial charge in [-0.05, 0) is 0 Å². The molecule has 0 unspecified atom stereocenters. The molecule has 0 heterocycles. The molecule has 0 radical (unpaired) electrons. The van der Waals surface area contributed by atoms with Crippen LogP contribution in [-0.4, -0.2) is 15.0 Å². The molecule has 0 atom stereocenters. The van der Waals surface area contributed by atoms with Crippen molar-refractivity contribution in [2.45, 2.75) is 0 Å². The number of aromatic hydroxyl groups is 1. The third-order valence-electron chi connectivity index (χ3n) is 1.60. The van der Waals surface area contributed by atoms with E-state index < -0.39 is 32.5 Å². The van der Waals surface area contributed by atoms with E-state index in [-0.39, 0.29) is 0 Å². The molecule has 1 rings (SSSR count). The van der Waals surface area contributed by atoms with Crippen LogP contribution in [0.15, 0.2) is 12.1 Å². The van der Waals surface area contributed by atoms with Crippen molar-refractivity contribution in [2.75, 3.05) is 0 Å². The van der Waals surface area contributed by atoms with Gasteiger partial charge >= 0.3 is 5.69 Å². The maximum Gasteiger partial charge on any atom is 0.318 e. The summed E-state index contributed by atoms with van der Waals surface area (Å²) in [5, 5.41) is 38.4. The molecule has 0 aliphatic rings. The fraction of sp³-hybridized carbons (Fsp3) is 0. The predicted octanol–water partition coefficient (Wildman–Crippen LogP) is 1.08. The lowest BCUT2D eigenvalue weighted by atomic mass is 10.1. The van der Waals surface area contributed by atoms with E-state index in [0.29, 0.717) is 6.07 Å². The Morgan fingerprint density at radius 2 is 1.87 bits per heavy atom. The second-order valence-electron chi connectivity index (χ2n) is 2.49. The number of non-ortho nitro benzene ring substituents is 1. The molecule has 1 aromatic carbocycles. The summed E-state index contributed by atoms with van der Waals surface area (Å²) in [4.78, 5) is 18.8. The van der Waals surface area contributed by atoms with Gasteiger partial charge in [0.05, 0.1) is 15.9 Å². The van der Waals surface area contributed by atoms with Crippen LogP contribution >= 0.6 is 0 Å². The van der Waals surface area contributed by atoms with Gasteiger partial charge < -0.3 is 5.11 Å². The molecule has 0 amide bonds. The van der Waals surface area contributed by atoms with Crippen molar-refractivity contribution in [2.24, 2.45) is 0 Å². The third kappa shape index (κ3) is 1.80. The maximum absolute atomic E-state index is 10.4. The van der Waals surface area contributed by atoms with E-state index >= 15 is 0 Å². The fourth-order valence-corrected chi connectivity index (χ4v) is 0.934. The summed E-state index contributed by atoms with van der Waals surface area (Å²) < 4.78 is 0. The summed E-state index contributed by atoms with van der Waals surface area (Å²) >= 11 is 0. The number of rotatable bonds is 2. The van der Waals surface area contributed by atoms with Crippen LogP contribution in [-0.2, 0) is 0 Å². The highest BCUT2D eigenvalue weighted by Crippen LogP contribution is 2.33. The average Bonchev–Trinajstić information content (AvgIpc) is 2.17. The summed E-state index contributed by atoms with van der Waals surface area (Å²) in [6.45, 7) is 0. The van der Waals surface area contributed by atoms with Crippen LogP contribution in [0, 0.1) is 31.6 Å². The highest BCUT2D eigenvalue weighted by molar-refractivity contribution is 5.61. The van der Waals surface area contributed by atoms with E-state index in [9.17, 15) is 25.3 Å². The molecular weight excluding hydrogens is 206 g/mol. The number of phenolic OH excluding ortho intramolecular Hbond substituents is 1. The van der Waals surface area contributed by atoms with E-state index in [4.69, 9.17) is 5.26 Å². The van der Waals surface area contributed by atoms with Crippen LogP contribution in [0.5, 0.6) is 5.75 Å². The Balaban J connectivity index is 3.54. The highest BCUT2D eigenvalue weighted by Gasteiger charge is 2.23. The minimum absolute atomic E-state index is 0.504. The molecule has 15 heavy (non-hydrogen) atoms. The van der Waals surface area contributed by atoms with Gasteiger partial charge in [0.1, 0.15) is 11.6 Å². The lowest BCUT2D eigenvalue weighted by Gasteiger charge is -1.97. The zero-order valence-corrected chi connectivity index (χ0v) is 7.08. The van der Waals surface area contributed by atoms with Crippen molar-refractivity contribution >= 4 is 11.4 Å². The monoisotopic (exact) mass is 209 g/mol. The smallest absolute Gasteiger partial charge is 0.318 e. The first-order valence-corrected chi connectivity index (χ1v) is 3.53.